The number of hydrogen-bond acceptors (Lipinski definition) is 3. The summed E-state index contributed by atoms with van der Waals surface area (Å²) in [5.74, 6) is 0. The first-order chi connectivity index (χ1) is 11.8. The summed E-state index contributed by atoms with van der Waals surface area (Å²) in [4.78, 5) is 0. The second-order valence-electron chi connectivity index (χ2n) is 5.28. The third-order valence-corrected chi connectivity index (χ3v) is 4.11. The van der Waals surface area contributed by atoms with Crippen LogP contribution in [-0.2, 0) is 0 Å². The topological polar surface area (TPSA) is 40.7 Å². The zero-order valence-electron chi connectivity index (χ0n) is 13.4. The van der Waals surface area contributed by atoms with Gasteiger partial charge in [-0.15, -0.1) is 11.3 Å². The van der Waals surface area contributed by atoms with Gasteiger partial charge in [0.1, 0.15) is 0 Å². The lowest BCUT2D eigenvalue weighted by Gasteiger charge is -2.05. The largest absolute Gasteiger partial charge is 0.354 e. The third-order valence-electron chi connectivity index (χ3n) is 3.36. The van der Waals surface area contributed by atoms with Gasteiger partial charge in [0.15, 0.2) is 0 Å². The van der Waals surface area contributed by atoms with Gasteiger partial charge < -0.3 is 5.32 Å². The molecule has 120 valence electrons. The highest BCUT2D eigenvalue weighted by atomic mass is 32.1. The molecule has 0 aliphatic rings. The number of hydrogen-bond donors (Lipinski definition) is 2. The molecule has 2 N–H and O–H groups in total. The molecule has 0 aliphatic heterocycles. The standard InChI is InChI=1S/C14H13N3S.C6H6/c1-10-7-13(17-16-10)12-8-18-9-14(12)15-11-5-3-2-4-6-11;1-2-4-6-5-3-1/h2-9,15H,1H3,(H,16,17);1-6H. The molecule has 0 fully saturated rings. The average Bonchev–Trinajstić information content (AvgIpc) is 3.27. The molecule has 0 saturated heterocycles. The smallest absolute Gasteiger partial charge is 0.0952 e. The van der Waals surface area contributed by atoms with Crippen LogP contribution in [0.1, 0.15) is 5.69 Å². The molecule has 0 spiro atoms. The van der Waals surface area contributed by atoms with Gasteiger partial charge in [0, 0.05) is 27.7 Å². The van der Waals surface area contributed by atoms with Crippen molar-refractivity contribution in [3.63, 3.8) is 0 Å². The van der Waals surface area contributed by atoms with Gasteiger partial charge in [-0.3, -0.25) is 5.10 Å². The fourth-order valence-electron chi connectivity index (χ4n) is 2.21. The van der Waals surface area contributed by atoms with Crippen LogP contribution in [0.25, 0.3) is 11.3 Å². The van der Waals surface area contributed by atoms with E-state index in [0.29, 0.717) is 0 Å². The van der Waals surface area contributed by atoms with Crippen molar-refractivity contribution >= 4 is 22.7 Å². The van der Waals surface area contributed by atoms with Crippen LogP contribution in [-0.4, -0.2) is 10.2 Å². The highest BCUT2D eigenvalue weighted by molar-refractivity contribution is 7.08. The fraction of sp³-hybridized carbons (Fsp3) is 0.0500. The second-order valence-corrected chi connectivity index (χ2v) is 6.02. The maximum atomic E-state index is 4.30. The van der Waals surface area contributed by atoms with Crippen LogP contribution in [0.3, 0.4) is 0 Å². The van der Waals surface area contributed by atoms with Crippen LogP contribution in [0.2, 0.25) is 0 Å². The number of nitrogens with zero attached hydrogens (tertiary/aromatic N) is 1. The van der Waals surface area contributed by atoms with Crippen molar-refractivity contribution in [3.05, 3.63) is 89.3 Å². The molecule has 4 rings (SSSR count). The predicted octanol–water partition coefficient (Wildman–Crippen LogP) is 5.88. The third kappa shape index (κ3) is 4.33. The number of aryl methyl sites for hydroxylation is 1. The summed E-state index contributed by atoms with van der Waals surface area (Å²) in [5, 5.41) is 14.9. The Morgan fingerprint density at radius 3 is 2.08 bits per heavy atom. The number of H-pyrrole nitrogens is 1. The number of rotatable bonds is 3. The van der Waals surface area contributed by atoms with Gasteiger partial charge >= 0.3 is 0 Å². The number of aromatic nitrogens is 2. The van der Waals surface area contributed by atoms with Gasteiger partial charge in [-0.25, -0.2) is 0 Å². The summed E-state index contributed by atoms with van der Waals surface area (Å²) in [7, 11) is 0. The first-order valence-electron chi connectivity index (χ1n) is 7.73. The van der Waals surface area contributed by atoms with Gasteiger partial charge in [-0.2, -0.15) is 5.10 Å². The van der Waals surface area contributed by atoms with Gasteiger partial charge in [0.05, 0.1) is 11.4 Å². The predicted molar refractivity (Wildman–Crippen MR) is 103 cm³/mol. The number of aromatic amines is 1. The van der Waals surface area contributed by atoms with Crippen molar-refractivity contribution in [2.45, 2.75) is 6.92 Å². The van der Waals surface area contributed by atoms with E-state index in [1.807, 2.05) is 61.5 Å². The molecule has 0 unspecified atom stereocenters. The molecule has 0 atom stereocenters. The number of anilines is 2. The normalized spacial score (nSPS) is 9.88. The van der Waals surface area contributed by atoms with E-state index in [4.69, 9.17) is 0 Å². The van der Waals surface area contributed by atoms with E-state index in [1.54, 1.807) is 11.3 Å². The molecular formula is C20H19N3S. The Balaban J connectivity index is 0.000000238. The van der Waals surface area contributed by atoms with Crippen LogP contribution in [0.4, 0.5) is 11.4 Å². The van der Waals surface area contributed by atoms with Gasteiger partial charge in [0.25, 0.3) is 0 Å². The molecule has 3 nitrogen and oxygen atoms in total. The van der Waals surface area contributed by atoms with E-state index in [2.05, 4.69) is 44.5 Å². The van der Waals surface area contributed by atoms with Crippen molar-refractivity contribution in [1.29, 1.82) is 0 Å². The Morgan fingerprint density at radius 2 is 1.50 bits per heavy atom. The van der Waals surface area contributed by atoms with E-state index < -0.39 is 0 Å². The summed E-state index contributed by atoms with van der Waals surface area (Å²) in [5.41, 5.74) is 5.37. The van der Waals surface area contributed by atoms with E-state index in [0.717, 1.165) is 28.3 Å². The summed E-state index contributed by atoms with van der Waals surface area (Å²) >= 11 is 1.67. The summed E-state index contributed by atoms with van der Waals surface area (Å²) in [6.45, 7) is 2.01. The van der Waals surface area contributed by atoms with Crippen LogP contribution < -0.4 is 5.32 Å². The Labute approximate surface area is 146 Å². The number of thiophene rings is 1. The molecular weight excluding hydrogens is 314 g/mol. The molecule has 4 aromatic rings. The Morgan fingerprint density at radius 1 is 0.875 bits per heavy atom. The molecule has 0 saturated carbocycles. The van der Waals surface area contributed by atoms with Crippen molar-refractivity contribution < 1.29 is 0 Å². The number of para-hydroxylation sites is 1. The molecule has 0 radical (unpaired) electrons. The molecule has 2 heterocycles. The van der Waals surface area contributed by atoms with Crippen molar-refractivity contribution in [2.75, 3.05) is 5.32 Å². The van der Waals surface area contributed by atoms with Gasteiger partial charge in [0.2, 0.25) is 0 Å². The lowest BCUT2D eigenvalue weighted by molar-refractivity contribution is 1.05. The van der Waals surface area contributed by atoms with Gasteiger partial charge in [-0.05, 0) is 25.1 Å². The summed E-state index contributed by atoms with van der Waals surface area (Å²) in [6.07, 6.45) is 0. The minimum atomic E-state index is 0.979. The number of benzene rings is 2. The Kier molecular flexibility index (Phi) is 5.43. The summed E-state index contributed by atoms with van der Waals surface area (Å²) in [6, 6.07) is 24.2. The SMILES string of the molecule is Cc1cc(-c2cscc2Nc2ccccc2)n[nH]1.c1ccccc1. The van der Waals surface area contributed by atoms with E-state index in [-0.39, 0.29) is 0 Å². The Hall–Kier alpha value is -2.85. The van der Waals surface area contributed by atoms with E-state index in [1.165, 1.54) is 0 Å². The lowest BCUT2D eigenvalue weighted by atomic mass is 10.2. The van der Waals surface area contributed by atoms with Crippen LogP contribution in [0.15, 0.2) is 83.6 Å². The van der Waals surface area contributed by atoms with Crippen LogP contribution >= 0.6 is 11.3 Å². The first kappa shape index (κ1) is 16.0. The zero-order valence-corrected chi connectivity index (χ0v) is 14.3. The molecule has 2 aromatic carbocycles. The molecule has 4 heteroatoms. The molecule has 24 heavy (non-hydrogen) atoms. The Bertz CT molecular complexity index is 824. The van der Waals surface area contributed by atoms with Crippen LogP contribution in [0.5, 0.6) is 0 Å². The fourth-order valence-corrected chi connectivity index (χ4v) is 2.98. The highest BCUT2D eigenvalue weighted by Crippen LogP contribution is 2.32. The maximum Gasteiger partial charge on any atom is 0.0952 e. The van der Waals surface area contributed by atoms with E-state index >= 15 is 0 Å². The van der Waals surface area contributed by atoms with Crippen LogP contribution in [0, 0.1) is 6.92 Å². The van der Waals surface area contributed by atoms with Gasteiger partial charge in [-0.1, -0.05) is 54.6 Å². The molecule has 0 amide bonds. The first-order valence-corrected chi connectivity index (χ1v) is 8.68. The average molecular weight is 333 g/mol. The highest BCUT2D eigenvalue weighted by Gasteiger charge is 2.09. The zero-order chi connectivity index (χ0) is 16.6. The second kappa shape index (κ2) is 8.13. The molecule has 0 aliphatic carbocycles. The monoisotopic (exact) mass is 333 g/mol. The lowest BCUT2D eigenvalue weighted by Crippen LogP contribution is -1.89. The molecule has 0 bridgehead atoms. The number of nitrogens with one attached hydrogen (secondary N) is 2. The maximum absolute atomic E-state index is 4.30. The quantitative estimate of drug-likeness (QED) is 0.492. The minimum Gasteiger partial charge on any atom is -0.354 e. The van der Waals surface area contributed by atoms with Crippen molar-refractivity contribution in [3.8, 4) is 11.3 Å². The van der Waals surface area contributed by atoms with Crippen molar-refractivity contribution in [1.82, 2.24) is 10.2 Å². The minimum absolute atomic E-state index is 0.979. The summed E-state index contributed by atoms with van der Waals surface area (Å²) < 4.78 is 0. The van der Waals surface area contributed by atoms with E-state index in [9.17, 15) is 0 Å². The molecule has 2 aromatic heterocycles. The van der Waals surface area contributed by atoms with Crippen molar-refractivity contribution in [2.24, 2.45) is 0 Å².